The molecule has 2 heteroatoms. The lowest BCUT2D eigenvalue weighted by Gasteiger charge is -2.11. The Hall–Kier alpha value is -2.35. The Morgan fingerprint density at radius 1 is 0.952 bits per heavy atom. The van der Waals surface area contributed by atoms with Crippen LogP contribution in [-0.2, 0) is 4.74 Å². The van der Waals surface area contributed by atoms with Crippen LogP contribution in [0.1, 0.15) is 30.1 Å². The van der Waals surface area contributed by atoms with Crippen LogP contribution in [0, 0.1) is 0 Å². The van der Waals surface area contributed by atoms with Gasteiger partial charge in [-0.25, -0.2) is 4.79 Å². The normalized spacial score (nSPS) is 10.9. The second kappa shape index (κ2) is 5.96. The number of carbonyl (C=O) groups is 1. The van der Waals surface area contributed by atoms with Gasteiger partial charge in [0.1, 0.15) is 0 Å². The van der Waals surface area contributed by atoms with Crippen molar-refractivity contribution in [2.45, 2.75) is 19.8 Å². The van der Waals surface area contributed by atoms with Crippen molar-refractivity contribution >= 4 is 27.5 Å². The molecule has 0 aliphatic heterocycles. The van der Waals surface area contributed by atoms with E-state index in [1.807, 2.05) is 48.5 Å². The minimum absolute atomic E-state index is 0.226. The van der Waals surface area contributed by atoms with Gasteiger partial charge in [-0.3, -0.25) is 0 Å². The summed E-state index contributed by atoms with van der Waals surface area (Å²) in [5.74, 6) is -0.226. The smallest absolute Gasteiger partial charge is 0.339 e. The molecule has 0 bridgehead atoms. The van der Waals surface area contributed by atoms with Crippen LogP contribution in [0.2, 0.25) is 0 Å². The molecule has 0 amide bonds. The van der Waals surface area contributed by atoms with Gasteiger partial charge in [-0.15, -0.1) is 0 Å². The number of ether oxygens (including phenoxy) is 1. The van der Waals surface area contributed by atoms with Gasteiger partial charge in [0.2, 0.25) is 0 Å². The van der Waals surface area contributed by atoms with Crippen molar-refractivity contribution in [2.24, 2.45) is 0 Å². The summed E-state index contributed by atoms with van der Waals surface area (Å²) in [4.78, 5) is 12.5. The van der Waals surface area contributed by atoms with Crippen LogP contribution in [-0.4, -0.2) is 12.6 Å². The van der Waals surface area contributed by atoms with E-state index in [-0.39, 0.29) is 5.97 Å². The zero-order chi connectivity index (χ0) is 14.7. The molecule has 0 aromatic heterocycles. The molecule has 0 atom stereocenters. The maximum absolute atomic E-state index is 12.5. The van der Waals surface area contributed by atoms with Gasteiger partial charge in [0, 0.05) is 0 Å². The molecule has 0 heterocycles. The first-order chi connectivity index (χ1) is 10.3. The Bertz CT molecular complexity index is 736. The van der Waals surface area contributed by atoms with Crippen molar-refractivity contribution in [3.63, 3.8) is 0 Å². The third kappa shape index (κ3) is 2.62. The van der Waals surface area contributed by atoms with Gasteiger partial charge in [-0.2, -0.15) is 0 Å². The van der Waals surface area contributed by atoms with Gasteiger partial charge >= 0.3 is 5.97 Å². The fraction of sp³-hybridized carbons (Fsp3) is 0.211. The summed E-state index contributed by atoms with van der Waals surface area (Å²) in [7, 11) is 0. The highest BCUT2D eigenvalue weighted by Gasteiger charge is 2.15. The molecule has 21 heavy (non-hydrogen) atoms. The molecule has 0 N–H and O–H groups in total. The molecule has 106 valence electrons. The summed E-state index contributed by atoms with van der Waals surface area (Å²) >= 11 is 0. The molecule has 3 aromatic carbocycles. The van der Waals surface area contributed by atoms with E-state index in [0.29, 0.717) is 12.2 Å². The van der Waals surface area contributed by atoms with E-state index in [4.69, 9.17) is 4.74 Å². The number of hydrogen-bond acceptors (Lipinski definition) is 2. The van der Waals surface area contributed by atoms with Crippen LogP contribution in [0.4, 0.5) is 0 Å². The topological polar surface area (TPSA) is 26.3 Å². The van der Waals surface area contributed by atoms with Crippen LogP contribution in [0.25, 0.3) is 21.5 Å². The molecule has 0 saturated heterocycles. The maximum Gasteiger partial charge on any atom is 0.339 e. The summed E-state index contributed by atoms with van der Waals surface area (Å²) in [6.07, 6.45) is 1.91. The molecule has 0 unspecified atom stereocenters. The Labute approximate surface area is 124 Å². The molecule has 0 saturated carbocycles. The fourth-order valence-corrected chi connectivity index (χ4v) is 2.61. The summed E-state index contributed by atoms with van der Waals surface area (Å²) < 4.78 is 5.45. The van der Waals surface area contributed by atoms with Crippen LogP contribution < -0.4 is 0 Å². The third-order valence-corrected chi connectivity index (χ3v) is 3.71. The first kappa shape index (κ1) is 13.6. The molecule has 0 spiro atoms. The monoisotopic (exact) mass is 278 g/mol. The quantitative estimate of drug-likeness (QED) is 0.383. The minimum atomic E-state index is -0.226. The number of unbranched alkanes of at least 4 members (excludes halogenated alkanes) is 1. The van der Waals surface area contributed by atoms with Crippen LogP contribution in [0.5, 0.6) is 0 Å². The summed E-state index contributed by atoms with van der Waals surface area (Å²) in [5, 5.41) is 4.05. The molecule has 3 aromatic rings. The highest BCUT2D eigenvalue weighted by atomic mass is 16.5. The van der Waals surface area contributed by atoms with E-state index in [2.05, 4.69) is 13.0 Å². The van der Waals surface area contributed by atoms with E-state index in [9.17, 15) is 4.79 Å². The third-order valence-electron chi connectivity index (χ3n) is 3.71. The largest absolute Gasteiger partial charge is 0.462 e. The Morgan fingerprint density at radius 2 is 1.52 bits per heavy atom. The summed E-state index contributed by atoms with van der Waals surface area (Å²) in [6.45, 7) is 2.56. The van der Waals surface area contributed by atoms with Gasteiger partial charge in [0.25, 0.3) is 0 Å². The second-order valence-corrected chi connectivity index (χ2v) is 5.18. The van der Waals surface area contributed by atoms with Crippen molar-refractivity contribution in [3.05, 3.63) is 60.2 Å². The van der Waals surface area contributed by atoms with Gasteiger partial charge in [-0.05, 0) is 34.0 Å². The van der Waals surface area contributed by atoms with E-state index in [1.165, 1.54) is 0 Å². The molecular formula is C19H18O2. The molecule has 0 aliphatic rings. The van der Waals surface area contributed by atoms with E-state index < -0.39 is 0 Å². The molecule has 3 rings (SSSR count). The second-order valence-electron chi connectivity index (χ2n) is 5.18. The number of esters is 1. The van der Waals surface area contributed by atoms with Crippen LogP contribution >= 0.6 is 0 Å². The average molecular weight is 278 g/mol. The Balaban J connectivity index is 2.18. The Kier molecular flexibility index (Phi) is 3.87. The highest BCUT2D eigenvalue weighted by molar-refractivity contribution is 6.16. The molecule has 0 aliphatic carbocycles. The lowest BCUT2D eigenvalue weighted by atomic mass is 9.97. The average Bonchev–Trinajstić information content (AvgIpc) is 2.52. The minimum Gasteiger partial charge on any atom is -0.462 e. The predicted molar refractivity (Wildman–Crippen MR) is 86.6 cm³/mol. The molecule has 0 fully saturated rings. The van der Waals surface area contributed by atoms with Crippen molar-refractivity contribution in [2.75, 3.05) is 6.61 Å². The lowest BCUT2D eigenvalue weighted by molar-refractivity contribution is 0.0504. The number of rotatable bonds is 4. The van der Waals surface area contributed by atoms with Gasteiger partial charge in [0.15, 0.2) is 0 Å². The van der Waals surface area contributed by atoms with Crippen molar-refractivity contribution in [1.29, 1.82) is 0 Å². The molecular weight excluding hydrogens is 260 g/mol. The van der Waals surface area contributed by atoms with Gasteiger partial charge in [0.05, 0.1) is 12.2 Å². The van der Waals surface area contributed by atoms with Gasteiger partial charge in [-0.1, -0.05) is 61.9 Å². The number of benzene rings is 3. The Morgan fingerprint density at radius 3 is 2.10 bits per heavy atom. The van der Waals surface area contributed by atoms with Crippen LogP contribution in [0.3, 0.4) is 0 Å². The zero-order valence-electron chi connectivity index (χ0n) is 12.1. The number of hydrogen-bond donors (Lipinski definition) is 0. The molecule has 0 radical (unpaired) electrons. The van der Waals surface area contributed by atoms with Gasteiger partial charge < -0.3 is 4.74 Å². The standard InChI is InChI=1S/C19H18O2/c1-2-3-12-21-19(20)18-16-10-6-4-8-14(16)13-15-9-5-7-11-17(15)18/h4-11,13H,2-3,12H2,1H3. The first-order valence-electron chi connectivity index (χ1n) is 7.39. The number of fused-ring (bicyclic) bond motifs is 2. The van der Waals surface area contributed by atoms with Crippen LogP contribution in [0.15, 0.2) is 54.6 Å². The zero-order valence-corrected chi connectivity index (χ0v) is 12.1. The SMILES string of the molecule is CCCCOC(=O)c1c2ccccc2cc2ccccc12. The van der Waals surface area contributed by atoms with E-state index in [0.717, 1.165) is 34.4 Å². The fourth-order valence-electron chi connectivity index (χ4n) is 2.61. The van der Waals surface area contributed by atoms with E-state index in [1.54, 1.807) is 0 Å². The summed E-state index contributed by atoms with van der Waals surface area (Å²) in [5.41, 5.74) is 0.680. The first-order valence-corrected chi connectivity index (χ1v) is 7.39. The molecule has 2 nitrogen and oxygen atoms in total. The van der Waals surface area contributed by atoms with Crippen molar-refractivity contribution in [1.82, 2.24) is 0 Å². The predicted octanol–water partition coefficient (Wildman–Crippen LogP) is 4.95. The van der Waals surface area contributed by atoms with Crippen molar-refractivity contribution < 1.29 is 9.53 Å². The van der Waals surface area contributed by atoms with E-state index >= 15 is 0 Å². The maximum atomic E-state index is 12.5. The highest BCUT2D eigenvalue weighted by Crippen LogP contribution is 2.29. The lowest BCUT2D eigenvalue weighted by Crippen LogP contribution is -2.07. The van der Waals surface area contributed by atoms with Crippen molar-refractivity contribution in [3.8, 4) is 0 Å². The summed E-state index contributed by atoms with van der Waals surface area (Å²) in [6, 6.07) is 18.0. The number of carbonyl (C=O) groups excluding carboxylic acids is 1.